The number of hydrogen-bond donors (Lipinski definition) is 1. The van der Waals surface area contributed by atoms with Crippen LogP contribution in [-0.2, 0) is 17.8 Å². The fourth-order valence-corrected chi connectivity index (χ4v) is 2.91. The van der Waals surface area contributed by atoms with Gasteiger partial charge < -0.3 is 10.1 Å². The van der Waals surface area contributed by atoms with Gasteiger partial charge in [-0.25, -0.2) is 0 Å². The van der Waals surface area contributed by atoms with E-state index in [9.17, 15) is 0 Å². The van der Waals surface area contributed by atoms with Crippen LogP contribution in [0.25, 0.3) is 0 Å². The summed E-state index contributed by atoms with van der Waals surface area (Å²) in [6.07, 6.45) is 1.26. The Balaban J connectivity index is 1.94. The van der Waals surface area contributed by atoms with E-state index in [0.29, 0.717) is 5.92 Å². The summed E-state index contributed by atoms with van der Waals surface area (Å²) in [6, 6.07) is 8.81. The van der Waals surface area contributed by atoms with Crippen molar-refractivity contribution in [3.05, 3.63) is 35.4 Å². The van der Waals surface area contributed by atoms with Crippen LogP contribution in [0.15, 0.2) is 24.3 Å². The van der Waals surface area contributed by atoms with Gasteiger partial charge in [-0.2, -0.15) is 0 Å². The minimum Gasteiger partial charge on any atom is -0.384 e. The van der Waals surface area contributed by atoms with Gasteiger partial charge >= 0.3 is 0 Å². The molecule has 2 rings (SSSR count). The zero-order chi connectivity index (χ0) is 15.3. The van der Waals surface area contributed by atoms with Crippen molar-refractivity contribution < 1.29 is 4.74 Å². The molecule has 1 aromatic rings. The predicted molar refractivity (Wildman–Crippen MR) is 88.3 cm³/mol. The predicted octanol–water partition coefficient (Wildman–Crippen LogP) is 3.04. The Kier molecular flexibility index (Phi) is 5.80. The average Bonchev–Trinajstić information content (AvgIpc) is 2.85. The maximum absolute atomic E-state index is 5.29. The Bertz CT molecular complexity index is 439. The van der Waals surface area contributed by atoms with Crippen molar-refractivity contribution in [3.8, 4) is 0 Å². The van der Waals surface area contributed by atoms with E-state index in [-0.39, 0.29) is 5.54 Å². The normalized spacial score (nSPS) is 20.1. The van der Waals surface area contributed by atoms with Crippen LogP contribution in [0.1, 0.15) is 38.3 Å². The summed E-state index contributed by atoms with van der Waals surface area (Å²) in [5.74, 6) is 0.704. The summed E-state index contributed by atoms with van der Waals surface area (Å²) in [6.45, 7) is 11.9. The lowest BCUT2D eigenvalue weighted by atomic mass is 10.0. The summed E-state index contributed by atoms with van der Waals surface area (Å²) in [4.78, 5) is 2.56. The number of nitrogens with zero attached hydrogens (tertiary/aromatic N) is 1. The SMILES string of the molecule is COCC1CCN(Cc2ccccc2CNC(C)(C)C)C1. The number of rotatable bonds is 6. The largest absolute Gasteiger partial charge is 0.384 e. The number of ether oxygens (including phenoxy) is 1. The topological polar surface area (TPSA) is 24.5 Å². The van der Waals surface area contributed by atoms with Gasteiger partial charge in [0.15, 0.2) is 0 Å². The molecule has 0 aliphatic carbocycles. The molecule has 0 aromatic heterocycles. The lowest BCUT2D eigenvalue weighted by Crippen LogP contribution is -2.35. The molecule has 0 amide bonds. The van der Waals surface area contributed by atoms with Gasteiger partial charge in [0.2, 0.25) is 0 Å². The van der Waals surface area contributed by atoms with Crippen molar-refractivity contribution in [2.75, 3.05) is 26.8 Å². The van der Waals surface area contributed by atoms with Crippen LogP contribution in [0, 0.1) is 5.92 Å². The fraction of sp³-hybridized carbons (Fsp3) is 0.667. The molecule has 0 bridgehead atoms. The molecular weight excluding hydrogens is 260 g/mol. The monoisotopic (exact) mass is 290 g/mol. The van der Waals surface area contributed by atoms with E-state index in [4.69, 9.17) is 4.74 Å². The first-order valence-corrected chi connectivity index (χ1v) is 8.01. The van der Waals surface area contributed by atoms with E-state index in [0.717, 1.165) is 26.2 Å². The highest BCUT2D eigenvalue weighted by Gasteiger charge is 2.22. The molecule has 1 fully saturated rings. The molecule has 3 nitrogen and oxygen atoms in total. The van der Waals surface area contributed by atoms with E-state index in [2.05, 4.69) is 55.3 Å². The second-order valence-electron chi connectivity index (χ2n) is 7.22. The van der Waals surface area contributed by atoms with E-state index in [1.54, 1.807) is 7.11 Å². The van der Waals surface area contributed by atoms with Crippen LogP contribution in [0.2, 0.25) is 0 Å². The third-order valence-electron chi connectivity index (χ3n) is 4.09. The lowest BCUT2D eigenvalue weighted by molar-refractivity contribution is 0.152. The van der Waals surface area contributed by atoms with Gasteiger partial charge in [-0.1, -0.05) is 24.3 Å². The highest BCUT2D eigenvalue weighted by molar-refractivity contribution is 5.27. The molecular formula is C18H30N2O. The fourth-order valence-electron chi connectivity index (χ4n) is 2.91. The van der Waals surface area contributed by atoms with Gasteiger partial charge in [0, 0.05) is 32.3 Å². The molecule has 1 unspecified atom stereocenters. The van der Waals surface area contributed by atoms with Crippen molar-refractivity contribution >= 4 is 0 Å². The van der Waals surface area contributed by atoms with Crippen molar-refractivity contribution in [1.82, 2.24) is 10.2 Å². The molecule has 1 N–H and O–H groups in total. The van der Waals surface area contributed by atoms with Crippen LogP contribution in [0.3, 0.4) is 0 Å². The molecule has 1 aromatic carbocycles. The Labute approximate surface area is 129 Å². The lowest BCUT2D eigenvalue weighted by Gasteiger charge is -2.23. The molecule has 0 saturated carbocycles. The summed E-state index contributed by atoms with van der Waals surface area (Å²) in [7, 11) is 1.80. The smallest absolute Gasteiger partial charge is 0.0503 e. The number of nitrogens with one attached hydrogen (secondary N) is 1. The molecule has 0 spiro atoms. The zero-order valence-corrected chi connectivity index (χ0v) is 14.0. The minimum atomic E-state index is 0.157. The van der Waals surface area contributed by atoms with Gasteiger partial charge in [-0.15, -0.1) is 0 Å². The molecule has 1 heterocycles. The molecule has 1 aliphatic rings. The van der Waals surface area contributed by atoms with Crippen molar-refractivity contribution in [3.63, 3.8) is 0 Å². The standard InChI is InChI=1S/C18H30N2O/c1-18(2,3)19-11-16-7-5-6-8-17(16)13-20-10-9-15(12-20)14-21-4/h5-8,15,19H,9-14H2,1-4H3. The third kappa shape index (κ3) is 5.42. The zero-order valence-electron chi connectivity index (χ0n) is 14.0. The molecule has 0 radical (unpaired) electrons. The van der Waals surface area contributed by atoms with Crippen LogP contribution >= 0.6 is 0 Å². The van der Waals surface area contributed by atoms with Crippen LogP contribution in [-0.4, -0.2) is 37.2 Å². The first-order valence-electron chi connectivity index (χ1n) is 8.01. The van der Waals surface area contributed by atoms with Crippen molar-refractivity contribution in [1.29, 1.82) is 0 Å². The van der Waals surface area contributed by atoms with Crippen LogP contribution in [0.5, 0.6) is 0 Å². The van der Waals surface area contributed by atoms with Gasteiger partial charge in [0.1, 0.15) is 0 Å². The van der Waals surface area contributed by atoms with Gasteiger partial charge in [-0.3, -0.25) is 4.90 Å². The summed E-state index contributed by atoms with van der Waals surface area (Å²) < 4.78 is 5.29. The molecule has 1 atom stereocenters. The summed E-state index contributed by atoms with van der Waals surface area (Å²) in [5, 5.41) is 3.59. The number of benzene rings is 1. The molecule has 21 heavy (non-hydrogen) atoms. The maximum Gasteiger partial charge on any atom is 0.0503 e. The highest BCUT2D eigenvalue weighted by Crippen LogP contribution is 2.20. The second-order valence-corrected chi connectivity index (χ2v) is 7.22. The van der Waals surface area contributed by atoms with E-state index < -0.39 is 0 Å². The first-order chi connectivity index (χ1) is 9.98. The Morgan fingerprint density at radius 2 is 1.95 bits per heavy atom. The molecule has 118 valence electrons. The van der Waals surface area contributed by atoms with E-state index in [1.165, 1.54) is 24.1 Å². The number of methoxy groups -OCH3 is 1. The van der Waals surface area contributed by atoms with E-state index in [1.807, 2.05) is 0 Å². The number of hydrogen-bond acceptors (Lipinski definition) is 3. The molecule has 3 heteroatoms. The Hall–Kier alpha value is -0.900. The highest BCUT2D eigenvalue weighted by atomic mass is 16.5. The van der Waals surface area contributed by atoms with Crippen molar-refractivity contribution in [2.24, 2.45) is 5.92 Å². The van der Waals surface area contributed by atoms with Crippen molar-refractivity contribution in [2.45, 2.75) is 45.8 Å². The second kappa shape index (κ2) is 7.39. The van der Waals surface area contributed by atoms with E-state index >= 15 is 0 Å². The third-order valence-corrected chi connectivity index (χ3v) is 4.09. The quantitative estimate of drug-likeness (QED) is 0.871. The van der Waals surface area contributed by atoms with Gasteiger partial charge in [0.25, 0.3) is 0 Å². The Morgan fingerprint density at radius 3 is 2.62 bits per heavy atom. The molecule has 1 saturated heterocycles. The number of likely N-dealkylation sites (tertiary alicyclic amines) is 1. The van der Waals surface area contributed by atoms with Crippen LogP contribution < -0.4 is 5.32 Å². The van der Waals surface area contributed by atoms with Crippen LogP contribution in [0.4, 0.5) is 0 Å². The average molecular weight is 290 g/mol. The maximum atomic E-state index is 5.29. The Morgan fingerprint density at radius 1 is 1.24 bits per heavy atom. The van der Waals surface area contributed by atoms with Gasteiger partial charge in [-0.05, 0) is 50.8 Å². The first kappa shape index (κ1) is 16.5. The van der Waals surface area contributed by atoms with Gasteiger partial charge in [0.05, 0.1) is 6.61 Å². The summed E-state index contributed by atoms with van der Waals surface area (Å²) >= 11 is 0. The molecule has 1 aliphatic heterocycles. The minimum absolute atomic E-state index is 0.157. The summed E-state index contributed by atoms with van der Waals surface area (Å²) in [5.41, 5.74) is 3.03.